The molecule has 0 aromatic heterocycles. The molecule has 2 aromatic carbocycles. The van der Waals surface area contributed by atoms with Crippen LogP contribution in [-0.4, -0.2) is 37.6 Å². The molecule has 1 heterocycles. The fourth-order valence-electron chi connectivity index (χ4n) is 2.90. The van der Waals surface area contributed by atoms with Crippen LogP contribution in [0.3, 0.4) is 0 Å². The third-order valence-corrected chi connectivity index (χ3v) is 4.38. The monoisotopic (exact) mass is 387 g/mol. The van der Waals surface area contributed by atoms with Crippen molar-refractivity contribution >= 4 is 34.8 Å². The molecule has 0 bridgehead atoms. The summed E-state index contributed by atoms with van der Waals surface area (Å²) >= 11 is 5.96. The minimum Gasteiger partial charge on any atom is -0.477 e. The molecule has 1 atom stereocenters. The lowest BCUT2D eigenvalue weighted by Gasteiger charge is -2.35. The molecule has 2 amide bonds. The van der Waals surface area contributed by atoms with Gasteiger partial charge < -0.3 is 20.3 Å². The maximum absolute atomic E-state index is 12.5. The molecule has 0 aliphatic carbocycles. The van der Waals surface area contributed by atoms with Crippen molar-refractivity contribution in [3.63, 3.8) is 0 Å². The van der Waals surface area contributed by atoms with Crippen molar-refractivity contribution in [3.05, 3.63) is 53.6 Å². The molecular formula is C20H22ClN3O3. The molecule has 0 radical (unpaired) electrons. The summed E-state index contributed by atoms with van der Waals surface area (Å²) in [6.45, 7) is 2.99. The lowest BCUT2D eigenvalue weighted by molar-refractivity contribution is -0.128. The van der Waals surface area contributed by atoms with Gasteiger partial charge in [0.2, 0.25) is 5.91 Å². The van der Waals surface area contributed by atoms with Crippen LogP contribution in [0.25, 0.3) is 0 Å². The van der Waals surface area contributed by atoms with Crippen LogP contribution in [0.15, 0.2) is 48.5 Å². The van der Waals surface area contributed by atoms with Gasteiger partial charge in [-0.25, -0.2) is 0 Å². The molecule has 27 heavy (non-hydrogen) atoms. The number of fused-ring (bicyclic) bond motifs is 1. The number of carbonyl (C=O) groups is 2. The Hall–Kier alpha value is -2.73. The van der Waals surface area contributed by atoms with Gasteiger partial charge in [0, 0.05) is 17.3 Å². The quantitative estimate of drug-likeness (QED) is 0.799. The summed E-state index contributed by atoms with van der Waals surface area (Å²) in [5, 5.41) is 6.23. The number of hydrogen-bond donors (Lipinski definition) is 2. The maximum Gasteiger partial charge on any atom is 0.262 e. The number of rotatable bonds is 6. The highest BCUT2D eigenvalue weighted by molar-refractivity contribution is 6.30. The minimum atomic E-state index is -0.662. The fourth-order valence-corrected chi connectivity index (χ4v) is 3.09. The van der Waals surface area contributed by atoms with E-state index in [0.29, 0.717) is 29.5 Å². The number of nitrogens with zero attached hydrogens (tertiary/aromatic N) is 1. The average Bonchev–Trinajstić information content (AvgIpc) is 2.66. The zero-order valence-electron chi connectivity index (χ0n) is 15.1. The summed E-state index contributed by atoms with van der Waals surface area (Å²) in [5.74, 6) is 0.226. The lowest BCUT2D eigenvalue weighted by Crippen LogP contribution is -2.50. The number of halogens is 1. The van der Waals surface area contributed by atoms with Gasteiger partial charge in [-0.05, 0) is 36.8 Å². The third-order valence-electron chi connectivity index (χ3n) is 4.15. The van der Waals surface area contributed by atoms with E-state index in [0.717, 1.165) is 12.1 Å². The number of amides is 2. The molecule has 2 aromatic rings. The van der Waals surface area contributed by atoms with E-state index in [1.807, 2.05) is 30.0 Å². The van der Waals surface area contributed by atoms with Crippen LogP contribution in [0.4, 0.5) is 11.4 Å². The van der Waals surface area contributed by atoms with Gasteiger partial charge in [0.1, 0.15) is 5.75 Å². The number of ether oxygens (including phenoxy) is 1. The van der Waals surface area contributed by atoms with Crippen molar-refractivity contribution < 1.29 is 14.3 Å². The Morgan fingerprint density at radius 1 is 1.22 bits per heavy atom. The van der Waals surface area contributed by atoms with E-state index in [4.69, 9.17) is 16.3 Å². The lowest BCUT2D eigenvalue weighted by atomic mass is 10.1. The minimum absolute atomic E-state index is 0.102. The number of hydrogen-bond acceptors (Lipinski definition) is 4. The van der Waals surface area contributed by atoms with Crippen LogP contribution >= 0.6 is 11.6 Å². The van der Waals surface area contributed by atoms with E-state index in [9.17, 15) is 9.59 Å². The maximum atomic E-state index is 12.5. The van der Waals surface area contributed by atoms with E-state index < -0.39 is 6.10 Å². The summed E-state index contributed by atoms with van der Waals surface area (Å²) in [6.07, 6.45) is 0.186. The number of carbonyl (C=O) groups excluding carboxylic acids is 2. The van der Waals surface area contributed by atoms with Gasteiger partial charge >= 0.3 is 0 Å². The largest absolute Gasteiger partial charge is 0.477 e. The molecule has 3 rings (SSSR count). The highest BCUT2D eigenvalue weighted by atomic mass is 35.5. The van der Waals surface area contributed by atoms with Crippen molar-refractivity contribution in [1.29, 1.82) is 0 Å². The summed E-state index contributed by atoms with van der Waals surface area (Å²) in [5.41, 5.74) is 1.42. The Bertz CT molecular complexity index is 828. The SMILES string of the molecule is CCCNC(=O)[C@@H]1CN(CC(=O)Nc2cccc(Cl)c2)c2ccccc2O1. The summed E-state index contributed by atoms with van der Waals surface area (Å²) in [6, 6.07) is 14.4. The molecule has 6 nitrogen and oxygen atoms in total. The van der Waals surface area contributed by atoms with Gasteiger partial charge in [0.15, 0.2) is 6.10 Å². The Kier molecular flexibility index (Phi) is 6.19. The van der Waals surface area contributed by atoms with Gasteiger partial charge in [0.05, 0.1) is 18.8 Å². The Balaban J connectivity index is 1.72. The summed E-state index contributed by atoms with van der Waals surface area (Å²) < 4.78 is 5.83. The van der Waals surface area contributed by atoms with Crippen molar-refractivity contribution in [3.8, 4) is 5.75 Å². The zero-order chi connectivity index (χ0) is 19.2. The van der Waals surface area contributed by atoms with E-state index in [-0.39, 0.29) is 18.4 Å². The highest BCUT2D eigenvalue weighted by Crippen LogP contribution is 2.33. The van der Waals surface area contributed by atoms with Crippen molar-refractivity contribution in [2.24, 2.45) is 0 Å². The smallest absolute Gasteiger partial charge is 0.262 e. The van der Waals surface area contributed by atoms with Crippen LogP contribution in [0, 0.1) is 0 Å². The van der Waals surface area contributed by atoms with Gasteiger partial charge in [-0.3, -0.25) is 9.59 Å². The van der Waals surface area contributed by atoms with Crippen molar-refractivity contribution in [2.75, 3.05) is 29.9 Å². The van der Waals surface area contributed by atoms with Gasteiger partial charge in [-0.1, -0.05) is 36.7 Å². The first kappa shape index (κ1) is 19.0. The predicted molar refractivity (Wildman–Crippen MR) is 106 cm³/mol. The number of benzene rings is 2. The Morgan fingerprint density at radius 2 is 2.04 bits per heavy atom. The van der Waals surface area contributed by atoms with Gasteiger partial charge in [0.25, 0.3) is 5.91 Å². The average molecular weight is 388 g/mol. The van der Waals surface area contributed by atoms with E-state index >= 15 is 0 Å². The molecule has 0 spiro atoms. The van der Waals surface area contributed by atoms with Crippen molar-refractivity contribution in [2.45, 2.75) is 19.4 Å². The van der Waals surface area contributed by atoms with Crippen molar-refractivity contribution in [1.82, 2.24) is 5.32 Å². The van der Waals surface area contributed by atoms with Crippen LogP contribution in [0.5, 0.6) is 5.75 Å². The van der Waals surface area contributed by atoms with Crippen LogP contribution in [0.2, 0.25) is 5.02 Å². The van der Waals surface area contributed by atoms with E-state index in [1.165, 1.54) is 0 Å². The Morgan fingerprint density at radius 3 is 2.81 bits per heavy atom. The molecule has 1 aliphatic heterocycles. The molecule has 0 unspecified atom stereocenters. The highest BCUT2D eigenvalue weighted by Gasteiger charge is 2.31. The number of para-hydroxylation sites is 2. The first-order valence-corrected chi connectivity index (χ1v) is 9.28. The molecule has 0 saturated heterocycles. The number of nitrogens with one attached hydrogen (secondary N) is 2. The van der Waals surface area contributed by atoms with Gasteiger partial charge in [-0.2, -0.15) is 0 Å². The topological polar surface area (TPSA) is 70.7 Å². The Labute approximate surface area is 163 Å². The summed E-state index contributed by atoms with van der Waals surface area (Å²) in [7, 11) is 0. The first-order valence-electron chi connectivity index (χ1n) is 8.90. The van der Waals surface area contributed by atoms with Crippen LogP contribution < -0.4 is 20.3 Å². The molecule has 142 valence electrons. The van der Waals surface area contributed by atoms with Crippen LogP contribution in [0.1, 0.15) is 13.3 Å². The molecule has 0 saturated carbocycles. The second kappa shape index (κ2) is 8.77. The molecule has 0 fully saturated rings. The van der Waals surface area contributed by atoms with Gasteiger partial charge in [-0.15, -0.1) is 0 Å². The normalized spacial score (nSPS) is 15.5. The molecule has 1 aliphatic rings. The van der Waals surface area contributed by atoms with E-state index in [1.54, 1.807) is 30.3 Å². The first-order chi connectivity index (χ1) is 13.1. The second-order valence-electron chi connectivity index (χ2n) is 6.30. The molecule has 2 N–H and O–H groups in total. The van der Waals surface area contributed by atoms with Crippen LogP contribution in [-0.2, 0) is 9.59 Å². The second-order valence-corrected chi connectivity index (χ2v) is 6.74. The number of anilines is 2. The molecule has 7 heteroatoms. The fraction of sp³-hybridized carbons (Fsp3) is 0.300. The van der Waals surface area contributed by atoms with E-state index in [2.05, 4.69) is 10.6 Å². The molecular weight excluding hydrogens is 366 g/mol. The zero-order valence-corrected chi connectivity index (χ0v) is 15.8. The third kappa shape index (κ3) is 4.92. The standard InChI is InChI=1S/C20H22ClN3O3/c1-2-10-22-20(26)18-12-24(16-8-3-4-9-17(16)27-18)13-19(25)23-15-7-5-6-14(21)11-15/h3-9,11,18H,2,10,12-13H2,1H3,(H,22,26)(H,23,25)/t18-/m0/s1. The summed E-state index contributed by atoms with van der Waals surface area (Å²) in [4.78, 5) is 26.7. The predicted octanol–water partition coefficient (Wildman–Crippen LogP) is 3.07.